The lowest BCUT2D eigenvalue weighted by atomic mass is 10.1. The van der Waals surface area contributed by atoms with Gasteiger partial charge in [0.1, 0.15) is 11.2 Å². The van der Waals surface area contributed by atoms with E-state index in [-0.39, 0.29) is 12.0 Å². The molecular formula is C30H40N4O5. The Bertz CT molecular complexity index is 1300. The van der Waals surface area contributed by atoms with Crippen molar-refractivity contribution in [3.8, 4) is 11.5 Å². The van der Waals surface area contributed by atoms with Crippen LogP contribution in [-0.2, 0) is 21.6 Å². The summed E-state index contributed by atoms with van der Waals surface area (Å²) >= 11 is 0. The molecule has 0 aliphatic carbocycles. The summed E-state index contributed by atoms with van der Waals surface area (Å²) in [5, 5.41) is 0.909. The first-order chi connectivity index (χ1) is 18.8. The third-order valence-electron chi connectivity index (χ3n) is 7.19. The first-order valence-electron chi connectivity index (χ1n) is 13.8. The second-order valence-corrected chi connectivity index (χ2v) is 10.3. The van der Waals surface area contributed by atoms with Gasteiger partial charge in [0.05, 0.1) is 20.3 Å². The number of ether oxygens (including phenoxy) is 3. The SMILES string of the molecule is CCCCCOc1cc(N2CCCN(Cc3ccnc4c3ccn4C(C)(C)C(=O)OCC)C2=O)ccc1OC. The molecule has 0 N–H and O–H groups in total. The number of nitrogens with zero attached hydrogens (tertiary/aromatic N) is 4. The minimum Gasteiger partial charge on any atom is -0.493 e. The lowest BCUT2D eigenvalue weighted by Crippen LogP contribution is -2.49. The number of amides is 2. The number of anilines is 1. The topological polar surface area (TPSA) is 86.1 Å². The van der Waals surface area contributed by atoms with E-state index in [1.165, 1.54) is 0 Å². The summed E-state index contributed by atoms with van der Waals surface area (Å²) in [6.45, 7) is 10.2. The van der Waals surface area contributed by atoms with Gasteiger partial charge in [-0.1, -0.05) is 19.8 Å². The van der Waals surface area contributed by atoms with Gasteiger partial charge in [-0.25, -0.2) is 14.6 Å². The summed E-state index contributed by atoms with van der Waals surface area (Å²) < 4.78 is 18.6. The number of methoxy groups -OCH3 is 1. The number of carbonyl (C=O) groups is 2. The predicted molar refractivity (Wildman–Crippen MR) is 151 cm³/mol. The number of urea groups is 1. The molecule has 0 unspecified atom stereocenters. The Kier molecular flexibility index (Phi) is 8.99. The quantitative estimate of drug-likeness (QED) is 0.217. The highest BCUT2D eigenvalue weighted by Crippen LogP contribution is 2.34. The van der Waals surface area contributed by atoms with Crippen LogP contribution in [-0.4, -0.2) is 59.9 Å². The van der Waals surface area contributed by atoms with Gasteiger partial charge in [-0.2, -0.15) is 0 Å². The van der Waals surface area contributed by atoms with E-state index in [2.05, 4.69) is 11.9 Å². The van der Waals surface area contributed by atoms with Crippen molar-refractivity contribution >= 4 is 28.7 Å². The first kappa shape index (κ1) is 28.3. The number of hydrogen-bond acceptors (Lipinski definition) is 6. The van der Waals surface area contributed by atoms with Crippen molar-refractivity contribution in [1.29, 1.82) is 0 Å². The van der Waals surface area contributed by atoms with Gasteiger partial charge >= 0.3 is 12.0 Å². The van der Waals surface area contributed by atoms with Gasteiger partial charge in [0.15, 0.2) is 11.5 Å². The van der Waals surface area contributed by atoms with E-state index in [0.29, 0.717) is 50.0 Å². The molecule has 3 heterocycles. The highest BCUT2D eigenvalue weighted by molar-refractivity contribution is 5.93. The zero-order valence-corrected chi connectivity index (χ0v) is 23.7. The van der Waals surface area contributed by atoms with Crippen molar-refractivity contribution in [1.82, 2.24) is 14.5 Å². The van der Waals surface area contributed by atoms with Gasteiger partial charge in [0.25, 0.3) is 0 Å². The molecule has 1 fully saturated rings. The smallest absolute Gasteiger partial charge is 0.331 e. The summed E-state index contributed by atoms with van der Waals surface area (Å²) in [7, 11) is 1.62. The van der Waals surface area contributed by atoms with E-state index in [9.17, 15) is 9.59 Å². The lowest BCUT2D eigenvalue weighted by Gasteiger charge is -2.36. The van der Waals surface area contributed by atoms with Crippen molar-refractivity contribution < 1.29 is 23.8 Å². The molecule has 0 bridgehead atoms. The zero-order valence-electron chi connectivity index (χ0n) is 23.7. The monoisotopic (exact) mass is 536 g/mol. The van der Waals surface area contributed by atoms with Crippen LogP contribution in [0.25, 0.3) is 11.0 Å². The van der Waals surface area contributed by atoms with Crippen LogP contribution in [0.4, 0.5) is 10.5 Å². The molecule has 2 aromatic heterocycles. The number of aromatic nitrogens is 2. The largest absolute Gasteiger partial charge is 0.493 e. The van der Waals surface area contributed by atoms with Crippen LogP contribution >= 0.6 is 0 Å². The number of hydrogen-bond donors (Lipinski definition) is 0. The minimum atomic E-state index is -0.911. The maximum atomic E-state index is 13.7. The number of fused-ring (bicyclic) bond motifs is 1. The number of unbranched alkanes of at least 4 members (excludes halogenated alkanes) is 2. The Balaban J connectivity index is 1.55. The maximum absolute atomic E-state index is 13.7. The molecule has 4 rings (SSSR count). The Morgan fingerprint density at radius 3 is 2.64 bits per heavy atom. The minimum absolute atomic E-state index is 0.0559. The number of esters is 1. The fourth-order valence-corrected chi connectivity index (χ4v) is 4.94. The van der Waals surface area contributed by atoms with Gasteiger partial charge in [-0.3, -0.25) is 4.90 Å². The van der Waals surface area contributed by atoms with Gasteiger partial charge in [-0.05, 0) is 63.4 Å². The molecule has 210 valence electrons. The molecule has 0 radical (unpaired) electrons. The fourth-order valence-electron chi connectivity index (χ4n) is 4.94. The standard InChI is InChI=1S/C30H40N4O5/c1-6-8-9-19-39-26-20-23(11-12-25(26)37-5)33-17-10-16-32(29(33)36)21-22-13-15-31-27-24(22)14-18-34(27)30(3,4)28(35)38-7-2/h11-15,18,20H,6-10,16-17,19,21H2,1-5H3. The van der Waals surface area contributed by atoms with Crippen LogP contribution in [0.1, 0.15) is 58.9 Å². The van der Waals surface area contributed by atoms with Crippen LogP contribution in [0.15, 0.2) is 42.7 Å². The molecular weight excluding hydrogens is 496 g/mol. The van der Waals surface area contributed by atoms with Gasteiger partial charge < -0.3 is 23.7 Å². The number of benzene rings is 1. The molecule has 0 saturated carbocycles. The highest BCUT2D eigenvalue weighted by Gasteiger charge is 2.33. The van der Waals surface area contributed by atoms with E-state index in [0.717, 1.165) is 42.3 Å². The third kappa shape index (κ3) is 5.97. The molecule has 39 heavy (non-hydrogen) atoms. The second kappa shape index (κ2) is 12.4. The summed E-state index contributed by atoms with van der Waals surface area (Å²) in [6.07, 6.45) is 7.63. The van der Waals surface area contributed by atoms with Crippen molar-refractivity contribution in [2.45, 2.75) is 65.5 Å². The number of pyridine rings is 1. The molecule has 1 aliphatic rings. The summed E-state index contributed by atoms with van der Waals surface area (Å²) in [4.78, 5) is 34.5. The Hall–Kier alpha value is -3.75. The van der Waals surface area contributed by atoms with Crippen LogP contribution in [0, 0.1) is 0 Å². The average Bonchev–Trinajstić information content (AvgIpc) is 3.38. The average molecular weight is 537 g/mol. The Morgan fingerprint density at radius 2 is 1.90 bits per heavy atom. The van der Waals surface area contributed by atoms with E-state index < -0.39 is 5.54 Å². The molecule has 1 aliphatic heterocycles. The molecule has 0 atom stereocenters. The van der Waals surface area contributed by atoms with Crippen LogP contribution in [0.5, 0.6) is 11.5 Å². The van der Waals surface area contributed by atoms with E-state index in [1.54, 1.807) is 25.1 Å². The molecule has 0 spiro atoms. The van der Waals surface area contributed by atoms with Crippen LogP contribution in [0.2, 0.25) is 0 Å². The third-order valence-corrected chi connectivity index (χ3v) is 7.19. The number of rotatable bonds is 12. The summed E-state index contributed by atoms with van der Waals surface area (Å²) in [5.74, 6) is 0.994. The summed E-state index contributed by atoms with van der Waals surface area (Å²) in [6, 6.07) is 9.49. The Morgan fingerprint density at radius 1 is 1.08 bits per heavy atom. The predicted octanol–water partition coefficient (Wildman–Crippen LogP) is 5.74. The van der Waals surface area contributed by atoms with E-state index >= 15 is 0 Å². The summed E-state index contributed by atoms with van der Waals surface area (Å²) in [5.41, 5.74) is 1.54. The van der Waals surface area contributed by atoms with Crippen molar-refractivity contribution in [3.05, 3.63) is 48.3 Å². The van der Waals surface area contributed by atoms with Crippen molar-refractivity contribution in [2.24, 2.45) is 0 Å². The van der Waals surface area contributed by atoms with Gasteiger partial charge in [-0.15, -0.1) is 0 Å². The lowest BCUT2D eigenvalue weighted by molar-refractivity contribution is -0.152. The normalized spacial score (nSPS) is 14.1. The van der Waals surface area contributed by atoms with E-state index in [1.807, 2.05) is 59.8 Å². The second-order valence-electron chi connectivity index (χ2n) is 10.3. The van der Waals surface area contributed by atoms with Crippen LogP contribution < -0.4 is 14.4 Å². The first-order valence-corrected chi connectivity index (χ1v) is 13.8. The Labute approximate surface area is 230 Å². The van der Waals surface area contributed by atoms with Crippen LogP contribution in [0.3, 0.4) is 0 Å². The van der Waals surface area contributed by atoms with Gasteiger partial charge in [0, 0.05) is 49.2 Å². The molecule has 9 nitrogen and oxygen atoms in total. The fraction of sp³-hybridized carbons (Fsp3) is 0.500. The maximum Gasteiger partial charge on any atom is 0.331 e. The number of carbonyl (C=O) groups excluding carboxylic acids is 2. The van der Waals surface area contributed by atoms with E-state index in [4.69, 9.17) is 14.2 Å². The zero-order chi connectivity index (χ0) is 28.0. The molecule has 3 aromatic rings. The molecule has 1 aromatic carbocycles. The molecule has 2 amide bonds. The molecule has 1 saturated heterocycles. The highest BCUT2D eigenvalue weighted by atomic mass is 16.5. The van der Waals surface area contributed by atoms with Gasteiger partial charge in [0.2, 0.25) is 0 Å². The van der Waals surface area contributed by atoms with Crippen molar-refractivity contribution in [2.75, 3.05) is 38.3 Å². The molecule has 9 heteroatoms. The van der Waals surface area contributed by atoms with Crippen molar-refractivity contribution in [3.63, 3.8) is 0 Å².